The van der Waals surface area contributed by atoms with Gasteiger partial charge in [0, 0.05) is 13.0 Å². The summed E-state index contributed by atoms with van der Waals surface area (Å²) in [5.41, 5.74) is 2.55. The Morgan fingerprint density at radius 2 is 2.24 bits per heavy atom. The van der Waals surface area contributed by atoms with Gasteiger partial charge in [-0.15, -0.1) is 0 Å². The Bertz CT molecular complexity index is 670. The fraction of sp³-hybridized carbons (Fsp3) is 0.250. The lowest BCUT2D eigenvalue weighted by Crippen LogP contribution is -2.08. The summed E-state index contributed by atoms with van der Waals surface area (Å²) in [4.78, 5) is 14.9. The van der Waals surface area contributed by atoms with Crippen LogP contribution in [0, 0.1) is 0 Å². The van der Waals surface area contributed by atoms with Crippen LogP contribution in [0.15, 0.2) is 36.4 Å². The molecule has 2 N–H and O–H groups in total. The van der Waals surface area contributed by atoms with E-state index in [2.05, 4.69) is 22.4 Å². The highest BCUT2D eigenvalue weighted by molar-refractivity contribution is 5.85. The number of hydrogen-bond donors (Lipinski definition) is 2. The minimum absolute atomic E-state index is 0.0506. The molecule has 0 saturated heterocycles. The second-order valence-corrected chi connectivity index (χ2v) is 4.93. The minimum Gasteiger partial charge on any atom is -0.493 e. The monoisotopic (exact) mass is 284 g/mol. The van der Waals surface area contributed by atoms with Crippen molar-refractivity contribution in [2.24, 2.45) is 0 Å². The maximum absolute atomic E-state index is 10.9. The number of fused-ring (bicyclic) bond motifs is 1. The zero-order valence-corrected chi connectivity index (χ0v) is 11.5. The first-order chi connectivity index (χ1) is 10.2. The van der Waals surface area contributed by atoms with Crippen molar-refractivity contribution in [2.45, 2.75) is 12.8 Å². The molecule has 0 unspecified atom stereocenters. The Balaban J connectivity index is 1.59. The normalized spacial score (nSPS) is 12.6. The lowest BCUT2D eigenvalue weighted by Gasteiger charge is -2.07. The van der Waals surface area contributed by atoms with Crippen LogP contribution in [-0.2, 0) is 12.8 Å². The number of pyridine rings is 1. The van der Waals surface area contributed by atoms with Gasteiger partial charge in [-0.05, 0) is 35.7 Å². The summed E-state index contributed by atoms with van der Waals surface area (Å²) in [6.45, 7) is 1.47. The summed E-state index contributed by atoms with van der Waals surface area (Å²) in [6.07, 6.45) is 1.82. The Morgan fingerprint density at radius 3 is 3.10 bits per heavy atom. The molecule has 1 aliphatic rings. The highest BCUT2D eigenvalue weighted by atomic mass is 16.5. The first-order valence-electron chi connectivity index (χ1n) is 6.91. The van der Waals surface area contributed by atoms with Crippen molar-refractivity contribution >= 4 is 11.8 Å². The molecule has 0 fully saturated rings. The molecule has 3 rings (SSSR count). The number of nitrogens with one attached hydrogen (secondary N) is 1. The molecule has 2 heterocycles. The fourth-order valence-corrected chi connectivity index (χ4v) is 2.38. The third-order valence-electron chi connectivity index (χ3n) is 3.44. The summed E-state index contributed by atoms with van der Waals surface area (Å²) in [7, 11) is 0. The van der Waals surface area contributed by atoms with Gasteiger partial charge in [0.15, 0.2) is 5.69 Å². The number of aromatic carboxylic acids is 1. The molecule has 0 atom stereocenters. The molecule has 1 aliphatic heterocycles. The number of benzene rings is 1. The van der Waals surface area contributed by atoms with Crippen molar-refractivity contribution in [3.05, 3.63) is 53.2 Å². The molecular weight excluding hydrogens is 268 g/mol. The van der Waals surface area contributed by atoms with E-state index in [9.17, 15) is 4.79 Å². The van der Waals surface area contributed by atoms with Gasteiger partial charge in [-0.2, -0.15) is 0 Å². The lowest BCUT2D eigenvalue weighted by molar-refractivity contribution is 0.0690. The maximum atomic E-state index is 10.9. The van der Waals surface area contributed by atoms with Crippen molar-refractivity contribution < 1.29 is 14.6 Å². The van der Waals surface area contributed by atoms with Crippen LogP contribution in [0.2, 0.25) is 0 Å². The van der Waals surface area contributed by atoms with Gasteiger partial charge in [-0.1, -0.05) is 18.2 Å². The van der Waals surface area contributed by atoms with Gasteiger partial charge in [0.1, 0.15) is 11.6 Å². The summed E-state index contributed by atoms with van der Waals surface area (Å²) in [5.74, 6) is 0.555. The van der Waals surface area contributed by atoms with E-state index in [1.165, 1.54) is 17.2 Å². The highest BCUT2D eigenvalue weighted by Gasteiger charge is 2.11. The first-order valence-corrected chi connectivity index (χ1v) is 6.91. The van der Waals surface area contributed by atoms with Gasteiger partial charge in [0.25, 0.3) is 0 Å². The largest absolute Gasteiger partial charge is 0.493 e. The number of carboxylic acid groups (broad SMARTS) is 1. The number of ether oxygens (including phenoxy) is 1. The molecule has 0 aliphatic carbocycles. The fourth-order valence-electron chi connectivity index (χ4n) is 2.38. The topological polar surface area (TPSA) is 71.5 Å². The first kappa shape index (κ1) is 13.4. The predicted octanol–water partition coefficient (Wildman–Crippen LogP) is 2.37. The molecule has 1 aromatic heterocycles. The van der Waals surface area contributed by atoms with Gasteiger partial charge < -0.3 is 15.2 Å². The second-order valence-electron chi connectivity index (χ2n) is 4.93. The Labute approximate surface area is 122 Å². The van der Waals surface area contributed by atoms with Crippen molar-refractivity contribution in [2.75, 3.05) is 18.5 Å². The Kier molecular flexibility index (Phi) is 3.73. The molecule has 0 spiro atoms. The van der Waals surface area contributed by atoms with Crippen LogP contribution in [0.25, 0.3) is 0 Å². The number of nitrogens with zero attached hydrogens (tertiary/aromatic N) is 1. The molecule has 108 valence electrons. The zero-order valence-electron chi connectivity index (χ0n) is 11.5. The van der Waals surface area contributed by atoms with E-state index in [1.54, 1.807) is 12.1 Å². The van der Waals surface area contributed by atoms with E-state index in [0.717, 1.165) is 25.2 Å². The van der Waals surface area contributed by atoms with Gasteiger partial charge in [0.05, 0.1) is 6.61 Å². The smallest absolute Gasteiger partial charge is 0.354 e. The summed E-state index contributed by atoms with van der Waals surface area (Å²) < 4.78 is 5.48. The number of carboxylic acids is 1. The summed E-state index contributed by atoms with van der Waals surface area (Å²) in [6, 6.07) is 11.2. The van der Waals surface area contributed by atoms with E-state index in [0.29, 0.717) is 12.4 Å². The van der Waals surface area contributed by atoms with E-state index >= 15 is 0 Å². The molecule has 1 aromatic carbocycles. The van der Waals surface area contributed by atoms with Crippen LogP contribution in [0.5, 0.6) is 5.75 Å². The van der Waals surface area contributed by atoms with Crippen molar-refractivity contribution in [1.82, 2.24) is 4.98 Å². The standard InChI is InChI=1S/C16H16N2O3/c19-16(20)13-2-1-3-15(18-13)17-8-6-11-4-5-14-12(10-11)7-9-21-14/h1-5,10H,6-9H2,(H,17,18)(H,19,20). The van der Waals surface area contributed by atoms with Crippen LogP contribution in [0.1, 0.15) is 21.6 Å². The van der Waals surface area contributed by atoms with E-state index in [-0.39, 0.29) is 5.69 Å². The highest BCUT2D eigenvalue weighted by Crippen LogP contribution is 2.25. The van der Waals surface area contributed by atoms with Crippen LogP contribution in [-0.4, -0.2) is 29.2 Å². The maximum Gasteiger partial charge on any atom is 0.354 e. The van der Waals surface area contributed by atoms with Crippen LogP contribution in [0.4, 0.5) is 5.82 Å². The molecular formula is C16H16N2O3. The molecule has 2 aromatic rings. The van der Waals surface area contributed by atoms with E-state index in [1.807, 2.05) is 6.07 Å². The Hall–Kier alpha value is -2.56. The third kappa shape index (κ3) is 3.13. The van der Waals surface area contributed by atoms with Crippen LogP contribution >= 0.6 is 0 Å². The lowest BCUT2D eigenvalue weighted by atomic mass is 10.1. The zero-order chi connectivity index (χ0) is 14.7. The van der Waals surface area contributed by atoms with Crippen molar-refractivity contribution in [1.29, 1.82) is 0 Å². The average molecular weight is 284 g/mol. The number of carbonyl (C=O) groups is 1. The number of anilines is 1. The summed E-state index contributed by atoms with van der Waals surface area (Å²) >= 11 is 0. The third-order valence-corrected chi connectivity index (χ3v) is 3.44. The van der Waals surface area contributed by atoms with Gasteiger partial charge in [-0.3, -0.25) is 0 Å². The average Bonchev–Trinajstić information content (AvgIpc) is 2.95. The predicted molar refractivity (Wildman–Crippen MR) is 79.0 cm³/mol. The molecule has 0 amide bonds. The minimum atomic E-state index is -1.02. The van der Waals surface area contributed by atoms with E-state index < -0.39 is 5.97 Å². The molecule has 21 heavy (non-hydrogen) atoms. The van der Waals surface area contributed by atoms with Gasteiger partial charge in [-0.25, -0.2) is 9.78 Å². The van der Waals surface area contributed by atoms with Crippen LogP contribution < -0.4 is 10.1 Å². The SMILES string of the molecule is O=C(O)c1cccc(NCCc2ccc3c(c2)CCO3)n1. The number of aromatic nitrogens is 1. The van der Waals surface area contributed by atoms with E-state index in [4.69, 9.17) is 9.84 Å². The molecule has 0 radical (unpaired) electrons. The quantitative estimate of drug-likeness (QED) is 0.882. The van der Waals surface area contributed by atoms with Gasteiger partial charge >= 0.3 is 5.97 Å². The molecule has 0 saturated carbocycles. The molecule has 0 bridgehead atoms. The van der Waals surface area contributed by atoms with Crippen LogP contribution in [0.3, 0.4) is 0 Å². The Morgan fingerprint density at radius 1 is 1.33 bits per heavy atom. The van der Waals surface area contributed by atoms with Crippen molar-refractivity contribution in [3.8, 4) is 5.75 Å². The van der Waals surface area contributed by atoms with Gasteiger partial charge in [0.2, 0.25) is 0 Å². The van der Waals surface area contributed by atoms with Crippen molar-refractivity contribution in [3.63, 3.8) is 0 Å². The molecule has 5 nitrogen and oxygen atoms in total. The number of rotatable bonds is 5. The summed E-state index contributed by atoms with van der Waals surface area (Å²) in [5, 5.41) is 12.1. The second kappa shape index (κ2) is 5.83. The number of hydrogen-bond acceptors (Lipinski definition) is 4. The molecule has 5 heteroatoms.